The maximum atomic E-state index is 13.6. The highest BCUT2D eigenvalue weighted by atomic mass is 19.1. The summed E-state index contributed by atoms with van der Waals surface area (Å²) in [6.45, 7) is 3.47. The zero-order chi connectivity index (χ0) is 13.9. The summed E-state index contributed by atoms with van der Waals surface area (Å²) in [5.41, 5.74) is 6.68. The fourth-order valence-electron chi connectivity index (χ4n) is 2.56. The highest BCUT2D eigenvalue weighted by molar-refractivity contribution is 5.20. The minimum Gasteiger partial charge on any atom is -0.324 e. The summed E-state index contributed by atoms with van der Waals surface area (Å²) >= 11 is 0. The molecule has 106 valence electrons. The third-order valence-corrected chi connectivity index (χ3v) is 3.78. The fourth-order valence-corrected chi connectivity index (χ4v) is 2.56. The number of halogens is 1. The van der Waals surface area contributed by atoms with E-state index in [-0.39, 0.29) is 11.9 Å². The van der Waals surface area contributed by atoms with Crippen molar-refractivity contribution in [3.63, 3.8) is 0 Å². The molecule has 1 unspecified atom stereocenters. The number of hydrogen-bond acceptors (Lipinski definition) is 4. The van der Waals surface area contributed by atoms with Crippen LogP contribution in [-0.4, -0.2) is 32.8 Å². The second-order valence-electron chi connectivity index (χ2n) is 5.13. The number of aromatic nitrogens is 3. The van der Waals surface area contributed by atoms with Crippen LogP contribution < -0.4 is 5.73 Å². The lowest BCUT2D eigenvalue weighted by Crippen LogP contribution is -2.35. The first-order valence-electron chi connectivity index (χ1n) is 6.83. The summed E-state index contributed by atoms with van der Waals surface area (Å²) in [6, 6.07) is 6.45. The van der Waals surface area contributed by atoms with E-state index in [1.54, 1.807) is 18.5 Å². The lowest BCUT2D eigenvalue weighted by molar-refractivity contribution is 0.209. The van der Waals surface area contributed by atoms with Gasteiger partial charge in [-0.3, -0.25) is 4.90 Å². The molecule has 2 heterocycles. The van der Waals surface area contributed by atoms with E-state index in [1.807, 2.05) is 6.07 Å². The Hall–Kier alpha value is -1.79. The molecule has 1 aliphatic heterocycles. The Labute approximate surface area is 117 Å². The molecule has 0 spiro atoms. The monoisotopic (exact) mass is 275 g/mol. The van der Waals surface area contributed by atoms with Gasteiger partial charge in [0.15, 0.2) is 0 Å². The molecule has 0 aliphatic carbocycles. The molecular weight excluding hydrogens is 257 g/mol. The Morgan fingerprint density at radius 2 is 2.15 bits per heavy atom. The van der Waals surface area contributed by atoms with Gasteiger partial charge < -0.3 is 10.3 Å². The highest BCUT2D eigenvalue weighted by Gasteiger charge is 2.18. The molecule has 1 aliphatic rings. The Kier molecular flexibility index (Phi) is 3.75. The van der Waals surface area contributed by atoms with E-state index in [0.29, 0.717) is 5.56 Å². The van der Waals surface area contributed by atoms with Crippen molar-refractivity contribution >= 4 is 0 Å². The molecule has 0 saturated carbocycles. The van der Waals surface area contributed by atoms with Gasteiger partial charge in [-0.15, -0.1) is 10.2 Å². The number of rotatable bonds is 4. The van der Waals surface area contributed by atoms with Gasteiger partial charge in [0.25, 0.3) is 0 Å². The van der Waals surface area contributed by atoms with E-state index < -0.39 is 0 Å². The van der Waals surface area contributed by atoms with Crippen LogP contribution in [0, 0.1) is 5.82 Å². The molecule has 2 aromatic rings. The molecule has 1 aromatic carbocycles. The van der Waals surface area contributed by atoms with Crippen LogP contribution in [0.2, 0.25) is 0 Å². The van der Waals surface area contributed by atoms with Gasteiger partial charge in [-0.2, -0.15) is 0 Å². The van der Waals surface area contributed by atoms with Crippen LogP contribution in [0.5, 0.6) is 0 Å². The maximum absolute atomic E-state index is 13.6. The van der Waals surface area contributed by atoms with Gasteiger partial charge in [0.1, 0.15) is 18.0 Å². The van der Waals surface area contributed by atoms with Crippen LogP contribution >= 0.6 is 0 Å². The van der Waals surface area contributed by atoms with Crippen LogP contribution in [0.1, 0.15) is 23.9 Å². The first-order chi connectivity index (χ1) is 9.74. The Morgan fingerprint density at radius 3 is 3.00 bits per heavy atom. The van der Waals surface area contributed by atoms with Crippen molar-refractivity contribution in [3.8, 4) is 0 Å². The summed E-state index contributed by atoms with van der Waals surface area (Å²) in [7, 11) is 0. The van der Waals surface area contributed by atoms with Crippen molar-refractivity contribution < 1.29 is 4.39 Å². The zero-order valence-corrected chi connectivity index (χ0v) is 11.2. The average molecular weight is 275 g/mol. The number of fused-ring (bicyclic) bond motifs is 1. The molecule has 5 nitrogen and oxygen atoms in total. The van der Waals surface area contributed by atoms with Crippen molar-refractivity contribution in [3.05, 3.63) is 47.8 Å². The second kappa shape index (κ2) is 5.68. The van der Waals surface area contributed by atoms with Gasteiger partial charge in [-0.25, -0.2) is 4.39 Å². The smallest absolute Gasteiger partial charge is 0.147 e. The second-order valence-corrected chi connectivity index (χ2v) is 5.13. The number of benzene rings is 1. The quantitative estimate of drug-likeness (QED) is 0.914. The molecule has 20 heavy (non-hydrogen) atoms. The van der Waals surface area contributed by atoms with E-state index in [1.165, 1.54) is 6.07 Å². The third-order valence-electron chi connectivity index (χ3n) is 3.78. The molecule has 1 aromatic heterocycles. The summed E-state index contributed by atoms with van der Waals surface area (Å²) in [5, 5.41) is 7.99. The zero-order valence-electron chi connectivity index (χ0n) is 11.2. The van der Waals surface area contributed by atoms with Gasteiger partial charge in [0.05, 0.1) is 6.54 Å². The minimum atomic E-state index is -0.268. The van der Waals surface area contributed by atoms with Crippen LogP contribution in [0.4, 0.5) is 4.39 Å². The van der Waals surface area contributed by atoms with Gasteiger partial charge >= 0.3 is 0 Å². The fraction of sp³-hybridized carbons (Fsp3) is 0.429. The molecule has 0 radical (unpaired) electrons. The number of nitrogens with zero attached hydrogens (tertiary/aromatic N) is 4. The van der Waals surface area contributed by atoms with E-state index in [0.717, 1.165) is 38.4 Å². The SMILES string of the molecule is NC(CCN1CCn2cnnc2C1)c1ccccc1F. The molecule has 2 N–H and O–H groups in total. The lowest BCUT2D eigenvalue weighted by atomic mass is 10.0. The van der Waals surface area contributed by atoms with Gasteiger partial charge in [-0.1, -0.05) is 18.2 Å². The van der Waals surface area contributed by atoms with E-state index in [2.05, 4.69) is 19.7 Å². The molecule has 3 rings (SSSR count). The van der Waals surface area contributed by atoms with E-state index in [9.17, 15) is 4.39 Å². The largest absolute Gasteiger partial charge is 0.324 e. The molecule has 0 bridgehead atoms. The predicted molar refractivity (Wildman–Crippen MR) is 73.2 cm³/mol. The van der Waals surface area contributed by atoms with Gasteiger partial charge in [0, 0.05) is 31.2 Å². The normalized spacial score (nSPS) is 16.9. The van der Waals surface area contributed by atoms with Crippen LogP contribution in [0.25, 0.3) is 0 Å². The van der Waals surface area contributed by atoms with Crippen molar-refractivity contribution in [2.75, 3.05) is 13.1 Å². The molecular formula is C14H18FN5. The maximum Gasteiger partial charge on any atom is 0.147 e. The molecule has 0 saturated heterocycles. The standard InChI is InChI=1S/C14H18FN5/c15-12-4-2-1-3-11(12)13(16)5-6-19-7-8-20-10-17-18-14(20)9-19/h1-4,10,13H,5-9,16H2. The first kappa shape index (κ1) is 13.2. The first-order valence-corrected chi connectivity index (χ1v) is 6.83. The minimum absolute atomic E-state index is 0.224. The van der Waals surface area contributed by atoms with E-state index in [4.69, 9.17) is 5.73 Å². The number of nitrogens with two attached hydrogens (primary N) is 1. The Morgan fingerprint density at radius 1 is 1.30 bits per heavy atom. The van der Waals surface area contributed by atoms with E-state index >= 15 is 0 Å². The Bertz CT molecular complexity index is 582. The van der Waals surface area contributed by atoms with Crippen molar-refractivity contribution in [2.45, 2.75) is 25.6 Å². The summed E-state index contributed by atoms with van der Waals surface area (Å²) in [4.78, 5) is 2.28. The van der Waals surface area contributed by atoms with Gasteiger partial charge in [-0.05, 0) is 12.5 Å². The molecule has 1 atom stereocenters. The number of hydrogen-bond donors (Lipinski definition) is 1. The van der Waals surface area contributed by atoms with Crippen LogP contribution in [0.3, 0.4) is 0 Å². The summed E-state index contributed by atoms with van der Waals surface area (Å²) in [5.74, 6) is 0.758. The lowest BCUT2D eigenvalue weighted by Gasteiger charge is -2.27. The van der Waals surface area contributed by atoms with Crippen LogP contribution in [-0.2, 0) is 13.1 Å². The van der Waals surface area contributed by atoms with Crippen molar-refractivity contribution in [1.29, 1.82) is 0 Å². The topological polar surface area (TPSA) is 60.0 Å². The molecule has 6 heteroatoms. The molecule has 0 fully saturated rings. The highest BCUT2D eigenvalue weighted by Crippen LogP contribution is 2.19. The van der Waals surface area contributed by atoms with Crippen molar-refractivity contribution in [1.82, 2.24) is 19.7 Å². The molecule has 0 amide bonds. The average Bonchev–Trinajstić information content (AvgIpc) is 2.92. The summed E-state index contributed by atoms with van der Waals surface area (Å²) < 4.78 is 15.7. The van der Waals surface area contributed by atoms with Gasteiger partial charge in [0.2, 0.25) is 0 Å². The summed E-state index contributed by atoms with van der Waals surface area (Å²) in [6.07, 6.45) is 2.49. The third kappa shape index (κ3) is 2.71. The predicted octanol–water partition coefficient (Wildman–Crippen LogP) is 1.32. The Balaban J connectivity index is 1.57. The van der Waals surface area contributed by atoms with Crippen molar-refractivity contribution in [2.24, 2.45) is 5.73 Å². The van der Waals surface area contributed by atoms with Crippen LogP contribution in [0.15, 0.2) is 30.6 Å².